The van der Waals surface area contributed by atoms with Crippen LogP contribution >= 0.6 is 27.3 Å². The van der Waals surface area contributed by atoms with Crippen molar-refractivity contribution >= 4 is 43.2 Å². The maximum absolute atomic E-state index is 4.58. The molecule has 0 saturated carbocycles. The number of rotatable bonds is 2. The van der Waals surface area contributed by atoms with Gasteiger partial charge in [0.1, 0.15) is 5.82 Å². The molecule has 0 amide bonds. The zero-order chi connectivity index (χ0) is 13.4. The van der Waals surface area contributed by atoms with E-state index in [0.717, 1.165) is 27.4 Å². The fourth-order valence-corrected chi connectivity index (χ4v) is 3.31. The van der Waals surface area contributed by atoms with Crippen LogP contribution in [0.3, 0.4) is 0 Å². The smallest absolute Gasteiger partial charge is 0.163 e. The van der Waals surface area contributed by atoms with Crippen molar-refractivity contribution in [2.45, 2.75) is 6.92 Å². The molecule has 0 radical (unpaired) electrons. The molecule has 2 aromatic heterocycles. The summed E-state index contributed by atoms with van der Waals surface area (Å²) in [6.45, 7) is 1.98. The normalized spacial score (nSPS) is 10.9. The predicted molar refractivity (Wildman–Crippen MR) is 84.8 cm³/mol. The average molecular weight is 334 g/mol. The molecule has 0 aliphatic carbocycles. The summed E-state index contributed by atoms with van der Waals surface area (Å²) in [5.41, 5.74) is 2.03. The van der Waals surface area contributed by atoms with Crippen LogP contribution in [0.2, 0.25) is 0 Å². The van der Waals surface area contributed by atoms with Crippen LogP contribution in [0.5, 0.6) is 0 Å². The topological polar surface area (TPSA) is 37.8 Å². The van der Waals surface area contributed by atoms with Crippen LogP contribution in [0, 0.1) is 6.92 Å². The zero-order valence-corrected chi connectivity index (χ0v) is 13.0. The van der Waals surface area contributed by atoms with Gasteiger partial charge in [-0.3, -0.25) is 0 Å². The summed E-state index contributed by atoms with van der Waals surface area (Å²) in [4.78, 5) is 9.16. The molecular weight excluding hydrogens is 322 g/mol. The molecule has 0 bridgehead atoms. The monoisotopic (exact) mass is 333 g/mol. The fourth-order valence-electron chi connectivity index (χ4n) is 2.00. The lowest BCUT2D eigenvalue weighted by Gasteiger charge is -2.08. The second-order valence-corrected chi connectivity index (χ2v) is 5.89. The molecule has 3 nitrogen and oxygen atoms in total. The first-order valence-electron chi connectivity index (χ1n) is 5.89. The van der Waals surface area contributed by atoms with Crippen molar-refractivity contribution in [1.29, 1.82) is 0 Å². The van der Waals surface area contributed by atoms with Gasteiger partial charge in [0.25, 0.3) is 0 Å². The SMILES string of the molecule is CNc1nc(-c2csc3ccccc23)nc(C)c1Br. The Balaban J connectivity index is 2.24. The summed E-state index contributed by atoms with van der Waals surface area (Å²) >= 11 is 5.22. The minimum Gasteiger partial charge on any atom is -0.372 e. The summed E-state index contributed by atoms with van der Waals surface area (Å²) < 4.78 is 2.17. The van der Waals surface area contributed by atoms with E-state index in [0.29, 0.717) is 0 Å². The molecule has 3 rings (SSSR count). The summed E-state index contributed by atoms with van der Waals surface area (Å²) in [5.74, 6) is 1.58. The third kappa shape index (κ3) is 2.13. The molecule has 0 fully saturated rings. The summed E-state index contributed by atoms with van der Waals surface area (Å²) in [6, 6.07) is 8.33. The van der Waals surface area contributed by atoms with Gasteiger partial charge in [0, 0.05) is 28.1 Å². The highest BCUT2D eigenvalue weighted by atomic mass is 79.9. The first kappa shape index (κ1) is 12.6. The molecule has 2 heterocycles. The first-order valence-corrected chi connectivity index (χ1v) is 7.56. The molecule has 0 aliphatic heterocycles. The van der Waals surface area contributed by atoms with E-state index in [4.69, 9.17) is 0 Å². The number of benzene rings is 1. The maximum atomic E-state index is 4.58. The van der Waals surface area contributed by atoms with Gasteiger partial charge in [-0.1, -0.05) is 18.2 Å². The number of fused-ring (bicyclic) bond motifs is 1. The van der Waals surface area contributed by atoms with E-state index in [1.807, 2.05) is 20.0 Å². The van der Waals surface area contributed by atoms with Crippen LogP contribution < -0.4 is 5.32 Å². The first-order chi connectivity index (χ1) is 9.20. The summed E-state index contributed by atoms with van der Waals surface area (Å²) in [6.07, 6.45) is 0. The van der Waals surface area contributed by atoms with Gasteiger partial charge < -0.3 is 5.32 Å². The van der Waals surface area contributed by atoms with Crippen LogP contribution in [-0.2, 0) is 0 Å². The van der Waals surface area contributed by atoms with Crippen molar-refractivity contribution in [3.05, 3.63) is 39.8 Å². The van der Waals surface area contributed by atoms with Crippen molar-refractivity contribution < 1.29 is 0 Å². The lowest BCUT2D eigenvalue weighted by molar-refractivity contribution is 1.09. The molecule has 1 N–H and O–H groups in total. The highest BCUT2D eigenvalue weighted by Crippen LogP contribution is 2.34. The second-order valence-electron chi connectivity index (χ2n) is 4.19. The van der Waals surface area contributed by atoms with Crippen LogP contribution in [0.25, 0.3) is 21.5 Å². The highest BCUT2D eigenvalue weighted by Gasteiger charge is 2.13. The third-order valence-electron chi connectivity index (χ3n) is 2.98. The standard InChI is InChI=1S/C14H12BrN3S/c1-8-12(15)14(16-2)18-13(17-8)10-7-19-11-6-4-3-5-9(10)11/h3-7H,1-2H3,(H,16,17,18). The van der Waals surface area contributed by atoms with Crippen molar-refractivity contribution in [2.24, 2.45) is 0 Å². The number of aromatic nitrogens is 2. The number of halogens is 1. The van der Waals surface area contributed by atoms with Gasteiger partial charge in [-0.05, 0) is 28.9 Å². The molecule has 19 heavy (non-hydrogen) atoms. The molecule has 5 heteroatoms. The number of thiophene rings is 1. The van der Waals surface area contributed by atoms with E-state index in [1.54, 1.807) is 11.3 Å². The Kier molecular flexibility index (Phi) is 3.24. The Morgan fingerprint density at radius 1 is 1.21 bits per heavy atom. The van der Waals surface area contributed by atoms with Gasteiger partial charge in [0.15, 0.2) is 5.82 Å². The minimum atomic E-state index is 0.766. The molecule has 0 atom stereocenters. The van der Waals surface area contributed by atoms with E-state index < -0.39 is 0 Å². The number of nitrogens with zero attached hydrogens (tertiary/aromatic N) is 2. The van der Waals surface area contributed by atoms with E-state index in [1.165, 1.54) is 10.1 Å². The Morgan fingerprint density at radius 2 is 2.00 bits per heavy atom. The second kappa shape index (κ2) is 4.90. The van der Waals surface area contributed by atoms with Crippen molar-refractivity contribution in [1.82, 2.24) is 9.97 Å². The number of nitrogens with one attached hydrogen (secondary N) is 1. The fraction of sp³-hybridized carbons (Fsp3) is 0.143. The Hall–Kier alpha value is -1.46. The predicted octanol–water partition coefficient (Wildman–Crippen LogP) is 4.47. The van der Waals surface area contributed by atoms with Crippen LogP contribution in [0.1, 0.15) is 5.69 Å². The van der Waals surface area contributed by atoms with Crippen LogP contribution in [0.4, 0.5) is 5.82 Å². The maximum Gasteiger partial charge on any atom is 0.163 e. The van der Waals surface area contributed by atoms with E-state index >= 15 is 0 Å². The van der Waals surface area contributed by atoms with Gasteiger partial charge in [-0.15, -0.1) is 11.3 Å². The molecule has 0 spiro atoms. The third-order valence-corrected chi connectivity index (χ3v) is 4.89. The minimum absolute atomic E-state index is 0.766. The van der Waals surface area contributed by atoms with Crippen molar-refractivity contribution in [3.8, 4) is 11.4 Å². The van der Waals surface area contributed by atoms with Crippen molar-refractivity contribution in [3.63, 3.8) is 0 Å². The number of anilines is 1. The van der Waals surface area contributed by atoms with Crippen LogP contribution in [-0.4, -0.2) is 17.0 Å². The number of hydrogen-bond acceptors (Lipinski definition) is 4. The highest BCUT2D eigenvalue weighted by molar-refractivity contribution is 9.10. The molecular formula is C14H12BrN3S. The van der Waals surface area contributed by atoms with E-state index in [2.05, 4.69) is 54.8 Å². The van der Waals surface area contributed by atoms with Crippen molar-refractivity contribution in [2.75, 3.05) is 12.4 Å². The van der Waals surface area contributed by atoms with Gasteiger partial charge in [0.05, 0.1) is 10.2 Å². The molecule has 0 aliphatic rings. The Bertz CT molecular complexity index is 752. The molecule has 0 saturated heterocycles. The van der Waals surface area contributed by atoms with Gasteiger partial charge >= 0.3 is 0 Å². The lowest BCUT2D eigenvalue weighted by Crippen LogP contribution is -2.00. The number of aryl methyl sites for hydroxylation is 1. The Morgan fingerprint density at radius 3 is 2.79 bits per heavy atom. The number of hydrogen-bond donors (Lipinski definition) is 1. The lowest BCUT2D eigenvalue weighted by atomic mass is 10.1. The summed E-state index contributed by atoms with van der Waals surface area (Å²) in [5, 5.41) is 6.41. The molecule has 1 aromatic carbocycles. The van der Waals surface area contributed by atoms with E-state index in [9.17, 15) is 0 Å². The quantitative estimate of drug-likeness (QED) is 0.751. The average Bonchev–Trinajstić information content (AvgIpc) is 2.85. The van der Waals surface area contributed by atoms with Gasteiger partial charge in [-0.25, -0.2) is 9.97 Å². The van der Waals surface area contributed by atoms with Crippen LogP contribution in [0.15, 0.2) is 34.1 Å². The largest absolute Gasteiger partial charge is 0.372 e. The molecule has 96 valence electrons. The van der Waals surface area contributed by atoms with Gasteiger partial charge in [-0.2, -0.15) is 0 Å². The molecule has 0 unspecified atom stereocenters. The Labute approximate surface area is 123 Å². The zero-order valence-electron chi connectivity index (χ0n) is 10.6. The van der Waals surface area contributed by atoms with Gasteiger partial charge in [0.2, 0.25) is 0 Å². The van der Waals surface area contributed by atoms with E-state index in [-0.39, 0.29) is 0 Å². The molecule has 3 aromatic rings. The summed E-state index contributed by atoms with van der Waals surface area (Å²) in [7, 11) is 1.86.